The van der Waals surface area contributed by atoms with E-state index in [1.165, 1.54) is 6.42 Å². The number of nitrogen functional groups attached to an aromatic ring is 1. The number of hydrogen-bond acceptors (Lipinski definition) is 3. The van der Waals surface area contributed by atoms with Crippen LogP contribution in [0.15, 0.2) is 18.2 Å². The van der Waals surface area contributed by atoms with Gasteiger partial charge in [0.2, 0.25) is 0 Å². The maximum Gasteiger partial charge on any atom is 0.256 e. The summed E-state index contributed by atoms with van der Waals surface area (Å²) in [7, 11) is 3.90. The number of hydrogen-bond donors (Lipinski definition) is 1. The second-order valence-electron chi connectivity index (χ2n) is 6.03. The maximum atomic E-state index is 12.9. The van der Waals surface area contributed by atoms with Crippen LogP contribution in [0, 0.1) is 5.92 Å². The van der Waals surface area contributed by atoms with E-state index >= 15 is 0 Å². The summed E-state index contributed by atoms with van der Waals surface area (Å²) in [4.78, 5) is 16.8. The SMILES string of the molecule is CC1CCCN(C(=O)c2cc(N)ccc2N(C)C)C1C. The molecule has 0 bridgehead atoms. The summed E-state index contributed by atoms with van der Waals surface area (Å²) in [5, 5.41) is 0. The molecule has 1 aromatic carbocycles. The third-order valence-corrected chi connectivity index (χ3v) is 4.37. The molecule has 4 nitrogen and oxygen atoms in total. The highest BCUT2D eigenvalue weighted by Crippen LogP contribution is 2.28. The van der Waals surface area contributed by atoms with Gasteiger partial charge in [0.05, 0.1) is 5.56 Å². The van der Waals surface area contributed by atoms with Crippen molar-refractivity contribution >= 4 is 17.3 Å². The lowest BCUT2D eigenvalue weighted by molar-refractivity contribution is 0.0552. The first-order valence-electron chi connectivity index (χ1n) is 7.29. The minimum absolute atomic E-state index is 0.0973. The fourth-order valence-electron chi connectivity index (χ4n) is 2.89. The number of piperidine rings is 1. The summed E-state index contributed by atoms with van der Waals surface area (Å²) in [6.07, 6.45) is 2.28. The van der Waals surface area contributed by atoms with E-state index in [0.29, 0.717) is 17.2 Å². The Balaban J connectivity index is 2.35. The molecule has 1 aromatic rings. The summed E-state index contributed by atoms with van der Waals surface area (Å²) in [5.74, 6) is 0.650. The molecule has 1 saturated heterocycles. The van der Waals surface area contributed by atoms with Gasteiger partial charge in [0.1, 0.15) is 0 Å². The van der Waals surface area contributed by atoms with Crippen LogP contribution in [0.1, 0.15) is 37.0 Å². The Hall–Kier alpha value is -1.71. The molecule has 1 fully saturated rings. The van der Waals surface area contributed by atoms with E-state index < -0.39 is 0 Å². The molecule has 0 spiro atoms. The van der Waals surface area contributed by atoms with Gasteiger partial charge < -0.3 is 15.5 Å². The molecule has 2 rings (SSSR count). The Labute approximate surface area is 121 Å². The lowest BCUT2D eigenvalue weighted by Crippen LogP contribution is -2.46. The lowest BCUT2D eigenvalue weighted by atomic mass is 9.91. The Morgan fingerprint density at radius 2 is 2.05 bits per heavy atom. The van der Waals surface area contributed by atoms with E-state index in [2.05, 4.69) is 13.8 Å². The average molecular weight is 275 g/mol. The van der Waals surface area contributed by atoms with Gasteiger partial charge in [-0.1, -0.05) is 6.92 Å². The van der Waals surface area contributed by atoms with Crippen molar-refractivity contribution in [1.29, 1.82) is 0 Å². The molecule has 1 aliphatic heterocycles. The zero-order valence-electron chi connectivity index (χ0n) is 12.9. The van der Waals surface area contributed by atoms with Gasteiger partial charge >= 0.3 is 0 Å². The molecule has 110 valence electrons. The van der Waals surface area contributed by atoms with Crippen LogP contribution in [-0.4, -0.2) is 37.5 Å². The number of amides is 1. The van der Waals surface area contributed by atoms with E-state index in [0.717, 1.165) is 18.7 Å². The predicted molar refractivity (Wildman–Crippen MR) is 84.1 cm³/mol. The molecule has 0 aromatic heterocycles. The van der Waals surface area contributed by atoms with Crippen molar-refractivity contribution < 1.29 is 4.79 Å². The number of carbonyl (C=O) groups is 1. The zero-order chi connectivity index (χ0) is 14.9. The molecule has 4 heteroatoms. The van der Waals surface area contributed by atoms with E-state index in [-0.39, 0.29) is 11.9 Å². The van der Waals surface area contributed by atoms with Crippen molar-refractivity contribution in [3.63, 3.8) is 0 Å². The molecule has 1 heterocycles. The molecule has 2 N–H and O–H groups in total. The summed E-state index contributed by atoms with van der Waals surface area (Å²) in [6, 6.07) is 5.84. The Morgan fingerprint density at radius 3 is 2.70 bits per heavy atom. The summed E-state index contributed by atoms with van der Waals surface area (Å²) >= 11 is 0. The minimum atomic E-state index is 0.0973. The number of benzene rings is 1. The van der Waals surface area contributed by atoms with Gasteiger partial charge in [-0.25, -0.2) is 0 Å². The largest absolute Gasteiger partial charge is 0.399 e. The van der Waals surface area contributed by atoms with E-state index in [9.17, 15) is 4.79 Å². The molecular formula is C16H25N3O. The lowest BCUT2D eigenvalue weighted by Gasteiger charge is -2.38. The summed E-state index contributed by atoms with van der Waals surface area (Å²) in [6.45, 7) is 5.20. The molecule has 0 saturated carbocycles. The second-order valence-corrected chi connectivity index (χ2v) is 6.03. The number of nitrogens with two attached hydrogens (primary N) is 1. The summed E-state index contributed by atoms with van der Waals surface area (Å²) in [5.41, 5.74) is 8.13. The van der Waals surface area contributed by atoms with Crippen LogP contribution in [0.3, 0.4) is 0 Å². The number of carbonyl (C=O) groups excluding carboxylic acids is 1. The van der Waals surface area contributed by atoms with E-state index in [4.69, 9.17) is 5.73 Å². The fourth-order valence-corrected chi connectivity index (χ4v) is 2.89. The molecule has 20 heavy (non-hydrogen) atoms. The molecule has 2 atom stereocenters. The first-order valence-corrected chi connectivity index (χ1v) is 7.29. The predicted octanol–water partition coefficient (Wildman–Crippen LogP) is 2.60. The quantitative estimate of drug-likeness (QED) is 0.844. The highest BCUT2D eigenvalue weighted by atomic mass is 16.2. The minimum Gasteiger partial charge on any atom is -0.399 e. The smallest absolute Gasteiger partial charge is 0.256 e. The number of rotatable bonds is 2. The molecule has 0 aliphatic carbocycles. The molecule has 1 aliphatic rings. The van der Waals surface area contributed by atoms with Gasteiger partial charge in [-0.15, -0.1) is 0 Å². The van der Waals surface area contributed by atoms with Crippen molar-refractivity contribution in [1.82, 2.24) is 4.90 Å². The molecule has 0 radical (unpaired) electrons. The Morgan fingerprint density at radius 1 is 1.35 bits per heavy atom. The van der Waals surface area contributed by atoms with E-state index in [1.807, 2.05) is 36.0 Å². The number of nitrogens with zero attached hydrogens (tertiary/aromatic N) is 2. The Bertz CT molecular complexity index is 498. The highest BCUT2D eigenvalue weighted by Gasteiger charge is 2.30. The van der Waals surface area contributed by atoms with Crippen LogP contribution in [0.4, 0.5) is 11.4 Å². The number of anilines is 2. The van der Waals surface area contributed by atoms with Crippen molar-refractivity contribution in [3.05, 3.63) is 23.8 Å². The van der Waals surface area contributed by atoms with Crippen molar-refractivity contribution in [2.24, 2.45) is 5.92 Å². The van der Waals surface area contributed by atoms with Gasteiger partial charge in [0.25, 0.3) is 5.91 Å². The molecule has 2 unspecified atom stereocenters. The van der Waals surface area contributed by atoms with Crippen LogP contribution in [0.2, 0.25) is 0 Å². The first-order chi connectivity index (χ1) is 9.41. The third kappa shape index (κ3) is 2.74. The van der Waals surface area contributed by atoms with Crippen LogP contribution < -0.4 is 10.6 Å². The fraction of sp³-hybridized carbons (Fsp3) is 0.562. The monoisotopic (exact) mass is 275 g/mol. The average Bonchev–Trinajstić information content (AvgIpc) is 2.40. The molecular weight excluding hydrogens is 250 g/mol. The van der Waals surface area contributed by atoms with Crippen molar-refractivity contribution in [3.8, 4) is 0 Å². The molecule has 1 amide bonds. The topological polar surface area (TPSA) is 49.6 Å². The van der Waals surface area contributed by atoms with Gasteiger partial charge in [0.15, 0.2) is 0 Å². The van der Waals surface area contributed by atoms with Crippen LogP contribution in [-0.2, 0) is 0 Å². The van der Waals surface area contributed by atoms with Gasteiger partial charge in [-0.05, 0) is 43.9 Å². The standard InChI is InChI=1S/C16H25N3O/c1-11-6-5-9-19(12(11)2)16(20)14-10-13(17)7-8-15(14)18(3)4/h7-8,10-12H,5-6,9,17H2,1-4H3. The van der Waals surface area contributed by atoms with Gasteiger partial charge in [-0.2, -0.15) is 0 Å². The maximum absolute atomic E-state index is 12.9. The van der Waals surface area contributed by atoms with Crippen LogP contribution >= 0.6 is 0 Å². The van der Waals surface area contributed by atoms with Gasteiger partial charge in [-0.3, -0.25) is 4.79 Å². The normalized spacial score (nSPS) is 22.7. The highest BCUT2D eigenvalue weighted by molar-refractivity contribution is 6.00. The van der Waals surface area contributed by atoms with Crippen LogP contribution in [0.25, 0.3) is 0 Å². The van der Waals surface area contributed by atoms with E-state index in [1.54, 1.807) is 6.07 Å². The summed E-state index contributed by atoms with van der Waals surface area (Å²) < 4.78 is 0. The zero-order valence-corrected chi connectivity index (χ0v) is 12.9. The van der Waals surface area contributed by atoms with Crippen molar-refractivity contribution in [2.45, 2.75) is 32.7 Å². The third-order valence-electron chi connectivity index (χ3n) is 4.37. The second kappa shape index (κ2) is 5.73. The van der Waals surface area contributed by atoms with Gasteiger partial charge in [0, 0.05) is 38.1 Å². The van der Waals surface area contributed by atoms with Crippen molar-refractivity contribution in [2.75, 3.05) is 31.3 Å². The van der Waals surface area contributed by atoms with Crippen LogP contribution in [0.5, 0.6) is 0 Å². The Kier molecular flexibility index (Phi) is 4.21. The first kappa shape index (κ1) is 14.7. The number of likely N-dealkylation sites (tertiary alicyclic amines) is 1.